The number of unbranched alkanes of at least 4 members (excludes halogenated alkanes) is 1. The van der Waals surface area contributed by atoms with E-state index in [1.807, 2.05) is 0 Å². The monoisotopic (exact) mass is 281 g/mol. The number of carbonyl (C=O) groups excluding carboxylic acids is 1. The molecule has 2 rings (SSSR count). The van der Waals surface area contributed by atoms with Crippen LogP contribution >= 0.6 is 11.3 Å². The van der Waals surface area contributed by atoms with Gasteiger partial charge in [0, 0.05) is 12.8 Å². The Balaban J connectivity index is 2.09. The van der Waals surface area contributed by atoms with Gasteiger partial charge in [-0.1, -0.05) is 38.5 Å². The van der Waals surface area contributed by atoms with E-state index in [1.54, 1.807) is 4.52 Å². The van der Waals surface area contributed by atoms with Crippen molar-refractivity contribution in [2.45, 2.75) is 46.5 Å². The summed E-state index contributed by atoms with van der Waals surface area (Å²) in [5, 5.41) is 16.0. The first kappa shape index (κ1) is 13.9. The van der Waals surface area contributed by atoms with Crippen LogP contribution in [0.25, 0.3) is 4.96 Å². The standard InChI is InChI=1S/C12H19N5OS/c1-4-5-6-10(18)13-11-16-17-9(7-8(2)3)14-15-12(17)19-11/h8H,4-7H2,1-3H3,(H,13,16,18). The molecule has 0 aliphatic rings. The molecular formula is C12H19N5OS. The van der Waals surface area contributed by atoms with Crippen molar-refractivity contribution in [3.05, 3.63) is 5.82 Å². The molecule has 0 aromatic carbocycles. The molecule has 0 saturated heterocycles. The van der Waals surface area contributed by atoms with Gasteiger partial charge in [-0.3, -0.25) is 4.79 Å². The van der Waals surface area contributed by atoms with Gasteiger partial charge in [0.2, 0.25) is 16.0 Å². The van der Waals surface area contributed by atoms with E-state index < -0.39 is 0 Å². The van der Waals surface area contributed by atoms with E-state index in [1.165, 1.54) is 11.3 Å². The number of nitrogens with one attached hydrogen (secondary N) is 1. The number of hydrogen-bond donors (Lipinski definition) is 1. The van der Waals surface area contributed by atoms with Crippen molar-refractivity contribution in [2.75, 3.05) is 5.32 Å². The molecule has 2 aromatic heterocycles. The van der Waals surface area contributed by atoms with Crippen LogP contribution in [0.4, 0.5) is 5.13 Å². The Labute approximate surface area is 116 Å². The molecule has 1 N–H and O–H groups in total. The molecule has 7 heteroatoms. The van der Waals surface area contributed by atoms with Gasteiger partial charge >= 0.3 is 0 Å². The van der Waals surface area contributed by atoms with Crippen molar-refractivity contribution in [2.24, 2.45) is 5.92 Å². The predicted octanol–water partition coefficient (Wildman–Crippen LogP) is 2.51. The molecular weight excluding hydrogens is 262 g/mol. The molecule has 0 saturated carbocycles. The summed E-state index contributed by atoms with van der Waals surface area (Å²) >= 11 is 1.35. The van der Waals surface area contributed by atoms with Crippen molar-refractivity contribution in [1.29, 1.82) is 0 Å². The van der Waals surface area contributed by atoms with Gasteiger partial charge in [-0.2, -0.15) is 4.52 Å². The van der Waals surface area contributed by atoms with Gasteiger partial charge in [-0.15, -0.1) is 15.3 Å². The third kappa shape index (κ3) is 3.50. The smallest absolute Gasteiger partial charge is 0.236 e. The Bertz CT molecular complexity index is 559. The summed E-state index contributed by atoms with van der Waals surface area (Å²) in [4.78, 5) is 12.4. The molecule has 0 spiro atoms. The molecule has 104 valence electrons. The predicted molar refractivity (Wildman–Crippen MR) is 75.4 cm³/mol. The Morgan fingerprint density at radius 2 is 2.21 bits per heavy atom. The molecule has 0 aliphatic heterocycles. The maximum absolute atomic E-state index is 11.6. The highest BCUT2D eigenvalue weighted by Crippen LogP contribution is 2.20. The topological polar surface area (TPSA) is 72.2 Å². The van der Waals surface area contributed by atoms with Gasteiger partial charge in [-0.25, -0.2) is 0 Å². The van der Waals surface area contributed by atoms with Crippen LogP contribution in [0, 0.1) is 5.92 Å². The van der Waals surface area contributed by atoms with E-state index in [9.17, 15) is 4.79 Å². The third-order valence-corrected chi connectivity index (χ3v) is 3.46. The first-order chi connectivity index (χ1) is 9.10. The zero-order valence-electron chi connectivity index (χ0n) is 11.5. The van der Waals surface area contributed by atoms with Gasteiger partial charge in [0.05, 0.1) is 0 Å². The van der Waals surface area contributed by atoms with Crippen molar-refractivity contribution < 1.29 is 4.79 Å². The van der Waals surface area contributed by atoms with Crippen molar-refractivity contribution in [3.63, 3.8) is 0 Å². The number of aromatic nitrogens is 4. The van der Waals surface area contributed by atoms with Crippen LogP contribution in [0.3, 0.4) is 0 Å². The molecule has 0 atom stereocenters. The fraction of sp³-hybridized carbons (Fsp3) is 0.667. The minimum Gasteiger partial charge on any atom is -0.301 e. The van der Waals surface area contributed by atoms with E-state index in [0.717, 1.165) is 30.0 Å². The van der Waals surface area contributed by atoms with Gasteiger partial charge in [0.1, 0.15) is 0 Å². The molecule has 0 radical (unpaired) electrons. The molecule has 1 amide bonds. The van der Waals surface area contributed by atoms with Crippen LogP contribution in [0.5, 0.6) is 0 Å². The second-order valence-corrected chi connectivity index (χ2v) is 5.92. The molecule has 0 bridgehead atoms. The maximum atomic E-state index is 11.6. The highest BCUT2D eigenvalue weighted by Gasteiger charge is 2.13. The summed E-state index contributed by atoms with van der Waals surface area (Å²) in [6.45, 7) is 6.32. The zero-order valence-corrected chi connectivity index (χ0v) is 12.3. The largest absolute Gasteiger partial charge is 0.301 e. The summed E-state index contributed by atoms with van der Waals surface area (Å²) in [5.74, 6) is 1.35. The Hall–Kier alpha value is -1.50. The average Bonchev–Trinajstić information content (AvgIpc) is 2.88. The molecule has 6 nitrogen and oxygen atoms in total. The van der Waals surface area contributed by atoms with Crippen molar-refractivity contribution in [1.82, 2.24) is 19.8 Å². The fourth-order valence-electron chi connectivity index (χ4n) is 1.72. The number of fused-ring (bicyclic) bond motifs is 1. The second-order valence-electron chi connectivity index (χ2n) is 4.97. The minimum absolute atomic E-state index is 0.0113. The van der Waals surface area contributed by atoms with Crippen LogP contribution in [0.2, 0.25) is 0 Å². The molecule has 0 unspecified atom stereocenters. The summed E-state index contributed by atoms with van der Waals surface area (Å²) in [5.41, 5.74) is 0. The Morgan fingerprint density at radius 1 is 1.42 bits per heavy atom. The minimum atomic E-state index is 0.0113. The second kappa shape index (κ2) is 6.10. The number of rotatable bonds is 6. The SMILES string of the molecule is CCCCC(=O)Nc1nn2c(CC(C)C)nnc2s1. The molecule has 19 heavy (non-hydrogen) atoms. The summed E-state index contributed by atoms with van der Waals surface area (Å²) < 4.78 is 1.72. The summed E-state index contributed by atoms with van der Waals surface area (Å²) in [6.07, 6.45) is 3.27. The lowest BCUT2D eigenvalue weighted by Gasteiger charge is -2.00. The van der Waals surface area contributed by atoms with Gasteiger partial charge < -0.3 is 5.32 Å². The first-order valence-electron chi connectivity index (χ1n) is 6.61. The molecule has 2 aromatic rings. The number of hydrogen-bond acceptors (Lipinski definition) is 5. The van der Waals surface area contributed by atoms with Crippen molar-refractivity contribution >= 4 is 27.3 Å². The molecule has 0 fully saturated rings. The number of amides is 1. The van der Waals surface area contributed by atoms with E-state index in [4.69, 9.17) is 0 Å². The Kier molecular flexibility index (Phi) is 4.47. The van der Waals surface area contributed by atoms with Crippen LogP contribution in [0.15, 0.2) is 0 Å². The van der Waals surface area contributed by atoms with Crippen LogP contribution in [-0.4, -0.2) is 25.7 Å². The van der Waals surface area contributed by atoms with Gasteiger partial charge in [0.15, 0.2) is 5.82 Å². The zero-order chi connectivity index (χ0) is 13.8. The van der Waals surface area contributed by atoms with Gasteiger partial charge in [-0.05, 0) is 12.3 Å². The van der Waals surface area contributed by atoms with Crippen LogP contribution < -0.4 is 5.32 Å². The van der Waals surface area contributed by atoms with Crippen molar-refractivity contribution in [3.8, 4) is 0 Å². The lowest BCUT2D eigenvalue weighted by molar-refractivity contribution is -0.116. The van der Waals surface area contributed by atoms with Crippen LogP contribution in [0.1, 0.15) is 45.9 Å². The van der Waals surface area contributed by atoms with E-state index in [2.05, 4.69) is 41.4 Å². The fourth-order valence-corrected chi connectivity index (χ4v) is 2.49. The van der Waals surface area contributed by atoms with Crippen LogP contribution in [-0.2, 0) is 11.2 Å². The van der Waals surface area contributed by atoms with E-state index in [-0.39, 0.29) is 5.91 Å². The highest BCUT2D eigenvalue weighted by atomic mass is 32.1. The lowest BCUT2D eigenvalue weighted by Crippen LogP contribution is -2.11. The average molecular weight is 281 g/mol. The van der Waals surface area contributed by atoms with E-state index >= 15 is 0 Å². The quantitative estimate of drug-likeness (QED) is 0.883. The molecule has 2 heterocycles. The third-order valence-electron chi connectivity index (χ3n) is 2.65. The lowest BCUT2D eigenvalue weighted by atomic mass is 10.1. The first-order valence-corrected chi connectivity index (χ1v) is 7.42. The number of carbonyl (C=O) groups is 1. The summed E-state index contributed by atoms with van der Waals surface area (Å²) in [7, 11) is 0. The Morgan fingerprint density at radius 3 is 2.89 bits per heavy atom. The number of nitrogens with zero attached hydrogens (tertiary/aromatic N) is 4. The normalized spacial score (nSPS) is 11.4. The summed E-state index contributed by atoms with van der Waals surface area (Å²) in [6, 6.07) is 0. The maximum Gasteiger partial charge on any atom is 0.236 e. The molecule has 0 aliphatic carbocycles. The van der Waals surface area contributed by atoms with Gasteiger partial charge in [0.25, 0.3) is 0 Å². The van der Waals surface area contributed by atoms with E-state index in [0.29, 0.717) is 17.5 Å². The highest BCUT2D eigenvalue weighted by molar-refractivity contribution is 7.20. The number of anilines is 1.